The quantitative estimate of drug-likeness (QED) is 0.432. The van der Waals surface area contributed by atoms with Crippen LogP contribution in [0.3, 0.4) is 0 Å². The number of fused-ring (bicyclic) bond motifs is 1. The molecule has 0 radical (unpaired) electrons. The summed E-state index contributed by atoms with van der Waals surface area (Å²) in [6.07, 6.45) is 4.12. The molecule has 1 saturated heterocycles. The number of aromatic amines is 1. The van der Waals surface area contributed by atoms with E-state index in [0.29, 0.717) is 12.1 Å². The highest BCUT2D eigenvalue weighted by molar-refractivity contribution is 7.98. The number of benzene rings is 2. The highest BCUT2D eigenvalue weighted by Gasteiger charge is 2.39. The molecule has 2 aromatic carbocycles. The van der Waals surface area contributed by atoms with E-state index < -0.39 is 23.9 Å². The molecule has 8 heteroatoms. The summed E-state index contributed by atoms with van der Waals surface area (Å²) in [6, 6.07) is 13.9. The van der Waals surface area contributed by atoms with Gasteiger partial charge in [-0.2, -0.15) is 0 Å². The zero-order chi connectivity index (χ0) is 20.4. The first kappa shape index (κ1) is 19.1. The van der Waals surface area contributed by atoms with Crippen LogP contribution in [0.15, 0.2) is 59.6 Å². The Balaban J connectivity index is 1.43. The van der Waals surface area contributed by atoms with E-state index in [4.69, 9.17) is 0 Å². The summed E-state index contributed by atoms with van der Waals surface area (Å²) in [5, 5.41) is 6.48. The maximum absolute atomic E-state index is 12.7. The molecule has 0 aliphatic carbocycles. The van der Waals surface area contributed by atoms with Gasteiger partial charge in [0.2, 0.25) is 5.91 Å². The van der Waals surface area contributed by atoms with E-state index in [1.165, 1.54) is 11.8 Å². The Morgan fingerprint density at radius 3 is 2.72 bits per heavy atom. The van der Waals surface area contributed by atoms with Crippen LogP contribution in [-0.2, 0) is 16.0 Å². The second kappa shape index (κ2) is 8.00. The number of para-hydroxylation sites is 2. The predicted octanol–water partition coefficient (Wildman–Crippen LogP) is 2.99. The fraction of sp³-hybridized carbons (Fsp3) is 0.190. The van der Waals surface area contributed by atoms with Crippen LogP contribution in [-0.4, -0.2) is 46.6 Å². The first-order chi connectivity index (χ1) is 14.1. The van der Waals surface area contributed by atoms with Crippen molar-refractivity contribution in [1.82, 2.24) is 15.2 Å². The van der Waals surface area contributed by atoms with Gasteiger partial charge in [-0.3, -0.25) is 14.5 Å². The molecule has 4 amide bonds. The average molecular weight is 408 g/mol. The average Bonchev–Trinajstić information content (AvgIpc) is 3.25. The number of H-pyrrole nitrogens is 1. The largest absolute Gasteiger partial charge is 0.361 e. The summed E-state index contributed by atoms with van der Waals surface area (Å²) in [5.74, 6) is -0.809. The van der Waals surface area contributed by atoms with Crippen molar-refractivity contribution >= 4 is 46.2 Å². The molecule has 7 nitrogen and oxygen atoms in total. The molecule has 3 N–H and O–H groups in total. The van der Waals surface area contributed by atoms with E-state index in [1.54, 1.807) is 6.07 Å². The molecule has 1 atom stereocenters. The van der Waals surface area contributed by atoms with Crippen LogP contribution in [0.25, 0.3) is 10.9 Å². The van der Waals surface area contributed by atoms with Crippen LogP contribution < -0.4 is 10.6 Å². The van der Waals surface area contributed by atoms with Gasteiger partial charge in [0, 0.05) is 28.4 Å². The van der Waals surface area contributed by atoms with E-state index in [-0.39, 0.29) is 6.54 Å². The molecule has 0 bridgehead atoms. The highest BCUT2D eigenvalue weighted by atomic mass is 32.2. The molecule has 1 aliphatic heterocycles. The number of imide groups is 1. The first-order valence-corrected chi connectivity index (χ1v) is 10.4. The second-order valence-corrected chi connectivity index (χ2v) is 7.59. The van der Waals surface area contributed by atoms with Gasteiger partial charge < -0.3 is 15.6 Å². The Labute approximate surface area is 171 Å². The van der Waals surface area contributed by atoms with Crippen molar-refractivity contribution < 1.29 is 14.4 Å². The molecule has 1 aliphatic rings. The molecule has 148 valence electrons. The number of amides is 4. The third-order valence-electron chi connectivity index (χ3n) is 4.89. The van der Waals surface area contributed by atoms with Crippen molar-refractivity contribution in [1.29, 1.82) is 0 Å². The number of carbonyl (C=O) groups is 3. The normalized spacial score (nSPS) is 16.3. The summed E-state index contributed by atoms with van der Waals surface area (Å²) in [4.78, 5) is 42.5. The molecule has 0 saturated carbocycles. The zero-order valence-electron chi connectivity index (χ0n) is 15.8. The number of anilines is 1. The number of carbonyl (C=O) groups excluding carboxylic acids is 3. The van der Waals surface area contributed by atoms with Gasteiger partial charge >= 0.3 is 6.03 Å². The highest BCUT2D eigenvalue weighted by Crippen LogP contribution is 2.25. The van der Waals surface area contributed by atoms with Gasteiger partial charge in [0.1, 0.15) is 12.6 Å². The van der Waals surface area contributed by atoms with E-state index in [2.05, 4.69) is 15.6 Å². The lowest BCUT2D eigenvalue weighted by Gasteiger charge is -2.14. The minimum Gasteiger partial charge on any atom is -0.361 e. The first-order valence-electron chi connectivity index (χ1n) is 9.16. The van der Waals surface area contributed by atoms with Crippen LogP contribution in [0.1, 0.15) is 5.56 Å². The number of hydrogen-bond acceptors (Lipinski definition) is 4. The van der Waals surface area contributed by atoms with E-state index >= 15 is 0 Å². The Morgan fingerprint density at radius 2 is 1.90 bits per heavy atom. The fourth-order valence-corrected chi connectivity index (χ4v) is 4.02. The second-order valence-electron chi connectivity index (χ2n) is 6.74. The SMILES string of the molecule is CSc1ccccc1NC(=O)CN1C(=O)NC(Cc2c[nH]c3ccccc23)C1=O. The maximum atomic E-state index is 12.7. The molecule has 4 rings (SSSR count). The monoisotopic (exact) mass is 408 g/mol. The predicted molar refractivity (Wildman–Crippen MR) is 113 cm³/mol. The topological polar surface area (TPSA) is 94.3 Å². The summed E-state index contributed by atoms with van der Waals surface area (Å²) in [6.45, 7) is -0.322. The Bertz CT molecular complexity index is 1090. The number of nitrogens with zero attached hydrogens (tertiary/aromatic N) is 1. The molecule has 3 aromatic rings. The Morgan fingerprint density at radius 1 is 1.14 bits per heavy atom. The number of rotatable bonds is 6. The summed E-state index contributed by atoms with van der Waals surface area (Å²) < 4.78 is 0. The standard InChI is InChI=1S/C21H20N4O3S/c1-29-18-9-5-4-8-16(18)23-19(26)12-25-20(27)17(24-21(25)28)10-13-11-22-15-7-3-2-6-14(13)15/h2-9,11,17,22H,10,12H2,1H3,(H,23,26)(H,24,28). The number of urea groups is 1. The molecule has 1 fully saturated rings. The lowest BCUT2D eigenvalue weighted by molar-refractivity contribution is -0.130. The number of thioether (sulfide) groups is 1. The lowest BCUT2D eigenvalue weighted by Crippen LogP contribution is -2.38. The maximum Gasteiger partial charge on any atom is 0.325 e. The molecule has 1 unspecified atom stereocenters. The van der Waals surface area contributed by atoms with Gasteiger partial charge in [-0.05, 0) is 30.0 Å². The van der Waals surface area contributed by atoms with E-state index in [0.717, 1.165) is 26.3 Å². The Hall–Kier alpha value is -3.26. The molecular formula is C21H20N4O3S. The van der Waals surface area contributed by atoms with Gasteiger partial charge in [0.25, 0.3) is 5.91 Å². The van der Waals surface area contributed by atoms with Crippen molar-refractivity contribution in [2.45, 2.75) is 17.4 Å². The Kier molecular flexibility index (Phi) is 5.26. The lowest BCUT2D eigenvalue weighted by atomic mass is 10.1. The molecule has 0 spiro atoms. The minimum absolute atomic E-state index is 0.322. The van der Waals surface area contributed by atoms with Crippen molar-refractivity contribution in [2.75, 3.05) is 18.1 Å². The van der Waals surface area contributed by atoms with Gasteiger partial charge in [-0.15, -0.1) is 11.8 Å². The van der Waals surface area contributed by atoms with Crippen LogP contribution in [0.4, 0.5) is 10.5 Å². The van der Waals surface area contributed by atoms with E-state index in [1.807, 2.05) is 54.9 Å². The van der Waals surface area contributed by atoms with Crippen LogP contribution in [0, 0.1) is 0 Å². The molecule has 1 aromatic heterocycles. The van der Waals surface area contributed by atoms with Crippen molar-refractivity contribution in [3.63, 3.8) is 0 Å². The van der Waals surface area contributed by atoms with Crippen LogP contribution in [0.2, 0.25) is 0 Å². The van der Waals surface area contributed by atoms with E-state index in [9.17, 15) is 14.4 Å². The molecule has 2 heterocycles. The third kappa shape index (κ3) is 3.84. The van der Waals surface area contributed by atoms with Gasteiger partial charge in [-0.1, -0.05) is 30.3 Å². The molecule has 29 heavy (non-hydrogen) atoms. The number of nitrogens with one attached hydrogen (secondary N) is 3. The minimum atomic E-state index is -0.687. The number of aromatic nitrogens is 1. The zero-order valence-corrected chi connectivity index (χ0v) is 16.6. The van der Waals surface area contributed by atoms with Crippen LogP contribution >= 0.6 is 11.8 Å². The van der Waals surface area contributed by atoms with Gasteiger partial charge in [-0.25, -0.2) is 4.79 Å². The van der Waals surface area contributed by atoms with Crippen molar-refractivity contribution in [3.05, 3.63) is 60.3 Å². The van der Waals surface area contributed by atoms with Gasteiger partial charge in [0.15, 0.2) is 0 Å². The molecular weight excluding hydrogens is 388 g/mol. The number of hydrogen-bond donors (Lipinski definition) is 3. The van der Waals surface area contributed by atoms with Gasteiger partial charge in [0.05, 0.1) is 5.69 Å². The van der Waals surface area contributed by atoms with Crippen molar-refractivity contribution in [2.24, 2.45) is 0 Å². The summed E-state index contributed by atoms with van der Waals surface area (Å²) in [7, 11) is 0. The summed E-state index contributed by atoms with van der Waals surface area (Å²) in [5.41, 5.74) is 2.58. The summed E-state index contributed by atoms with van der Waals surface area (Å²) >= 11 is 1.51. The van der Waals surface area contributed by atoms with Crippen LogP contribution in [0.5, 0.6) is 0 Å². The van der Waals surface area contributed by atoms with Crippen molar-refractivity contribution in [3.8, 4) is 0 Å². The third-order valence-corrected chi connectivity index (χ3v) is 5.68. The smallest absolute Gasteiger partial charge is 0.325 e. The fourth-order valence-electron chi connectivity index (χ4n) is 3.47.